The number of morpholine rings is 1. The van der Waals surface area contributed by atoms with Crippen LogP contribution in [0.2, 0.25) is 0 Å². The maximum Gasteiger partial charge on any atom is 0.0755 e. The monoisotopic (exact) mass is 425 g/mol. The highest BCUT2D eigenvalue weighted by atomic mass is 79.9. The zero-order valence-electron chi connectivity index (χ0n) is 16.0. The summed E-state index contributed by atoms with van der Waals surface area (Å²) in [5.41, 5.74) is 7.93. The average molecular weight is 426 g/mol. The molecular weight excluding hydrogens is 402 g/mol. The molecule has 1 aliphatic heterocycles. The number of ether oxygens (including phenoxy) is 1. The molecule has 0 radical (unpaired) electrons. The van der Waals surface area contributed by atoms with Gasteiger partial charge in [-0.25, -0.2) is 0 Å². The molecule has 1 aliphatic rings. The van der Waals surface area contributed by atoms with E-state index in [4.69, 9.17) is 9.72 Å². The van der Waals surface area contributed by atoms with E-state index >= 15 is 0 Å². The first-order valence-corrected chi connectivity index (χ1v) is 10.1. The van der Waals surface area contributed by atoms with Gasteiger partial charge in [0.15, 0.2) is 0 Å². The van der Waals surface area contributed by atoms with Crippen LogP contribution >= 0.6 is 15.9 Å². The number of aromatic nitrogens is 1. The Bertz CT molecular complexity index is 997. The number of pyridine rings is 1. The second kappa shape index (κ2) is 7.49. The first kappa shape index (κ1) is 18.3. The smallest absolute Gasteiger partial charge is 0.0755 e. The molecule has 0 atom stereocenters. The van der Waals surface area contributed by atoms with Gasteiger partial charge < -0.3 is 15.0 Å². The third-order valence-electron chi connectivity index (χ3n) is 5.27. The van der Waals surface area contributed by atoms with Crippen molar-refractivity contribution in [3.05, 3.63) is 57.7 Å². The van der Waals surface area contributed by atoms with E-state index in [-0.39, 0.29) is 0 Å². The molecule has 4 rings (SSSR count). The van der Waals surface area contributed by atoms with E-state index in [0.29, 0.717) is 0 Å². The van der Waals surface area contributed by atoms with Gasteiger partial charge in [0.05, 0.1) is 35.8 Å². The number of benzene rings is 2. The number of nitrogens with one attached hydrogen (secondary N) is 1. The van der Waals surface area contributed by atoms with Gasteiger partial charge in [-0.3, -0.25) is 4.98 Å². The molecule has 0 bridgehead atoms. The minimum Gasteiger partial charge on any atom is -0.378 e. The molecule has 1 N–H and O–H groups in total. The van der Waals surface area contributed by atoms with E-state index in [1.807, 2.05) is 0 Å². The summed E-state index contributed by atoms with van der Waals surface area (Å²) in [5, 5.41) is 4.90. The van der Waals surface area contributed by atoms with Crippen molar-refractivity contribution in [3.63, 3.8) is 0 Å². The zero-order valence-corrected chi connectivity index (χ0v) is 17.6. The fraction of sp³-hybridized carbons (Fsp3) is 0.318. The van der Waals surface area contributed by atoms with Crippen molar-refractivity contribution < 1.29 is 4.74 Å². The van der Waals surface area contributed by atoms with E-state index < -0.39 is 0 Å². The van der Waals surface area contributed by atoms with E-state index in [9.17, 15) is 0 Å². The maximum atomic E-state index is 5.53. The van der Waals surface area contributed by atoms with Crippen LogP contribution in [0.25, 0.3) is 10.9 Å². The van der Waals surface area contributed by atoms with Crippen LogP contribution in [-0.2, 0) is 4.74 Å². The Hall–Kier alpha value is -2.11. The highest BCUT2D eigenvalue weighted by molar-refractivity contribution is 9.10. The zero-order chi connectivity index (χ0) is 19.0. The quantitative estimate of drug-likeness (QED) is 0.600. The van der Waals surface area contributed by atoms with E-state index in [1.54, 1.807) is 0 Å². The molecule has 1 aromatic heterocycles. The second-order valence-corrected chi connectivity index (χ2v) is 7.97. The normalized spacial score (nSPS) is 14.6. The molecular formula is C22H24BrN3O. The lowest BCUT2D eigenvalue weighted by molar-refractivity contribution is 0.123. The summed E-state index contributed by atoms with van der Waals surface area (Å²) in [7, 11) is 0. The molecule has 0 spiro atoms. The van der Waals surface area contributed by atoms with Crippen molar-refractivity contribution in [3.8, 4) is 0 Å². The summed E-state index contributed by atoms with van der Waals surface area (Å²) in [6, 6.07) is 12.8. The van der Waals surface area contributed by atoms with Gasteiger partial charge in [0.2, 0.25) is 0 Å². The fourth-order valence-electron chi connectivity index (χ4n) is 3.63. The molecule has 1 saturated heterocycles. The molecule has 4 nitrogen and oxygen atoms in total. The number of hydrogen-bond donors (Lipinski definition) is 1. The standard InChI is InChI=1S/C22H24BrN3O/c1-14-5-4-6-18-21(14)24-16(3)15(2)22(18)25-19-13-17(23)7-8-20(19)26-9-11-27-12-10-26/h4-8,13H,9-12H2,1-3H3,(H,24,25). The maximum absolute atomic E-state index is 5.53. The molecule has 0 amide bonds. The summed E-state index contributed by atoms with van der Waals surface area (Å²) in [6.45, 7) is 9.69. The number of fused-ring (bicyclic) bond motifs is 1. The Morgan fingerprint density at radius 3 is 2.63 bits per heavy atom. The fourth-order valence-corrected chi connectivity index (χ4v) is 3.99. The van der Waals surface area contributed by atoms with Gasteiger partial charge in [-0.05, 0) is 50.1 Å². The summed E-state index contributed by atoms with van der Waals surface area (Å²) in [5.74, 6) is 0. The van der Waals surface area contributed by atoms with Crippen molar-refractivity contribution in [2.45, 2.75) is 20.8 Å². The Labute approximate surface area is 168 Å². The number of anilines is 3. The van der Waals surface area contributed by atoms with Gasteiger partial charge >= 0.3 is 0 Å². The topological polar surface area (TPSA) is 37.4 Å². The SMILES string of the molecule is Cc1nc2c(C)cccc2c(Nc2cc(Br)ccc2N2CCOCC2)c1C. The summed E-state index contributed by atoms with van der Waals surface area (Å²) in [6.07, 6.45) is 0. The van der Waals surface area contributed by atoms with Gasteiger partial charge in [0, 0.05) is 28.6 Å². The largest absolute Gasteiger partial charge is 0.378 e. The predicted octanol–water partition coefficient (Wildman–Crippen LogP) is 5.50. The van der Waals surface area contributed by atoms with Crippen molar-refractivity contribution >= 4 is 43.9 Å². The predicted molar refractivity (Wildman–Crippen MR) is 116 cm³/mol. The first-order chi connectivity index (χ1) is 13.0. The molecule has 3 aromatic rings. The third kappa shape index (κ3) is 3.54. The third-order valence-corrected chi connectivity index (χ3v) is 5.77. The van der Waals surface area contributed by atoms with Crippen LogP contribution in [0.4, 0.5) is 17.1 Å². The molecule has 2 aromatic carbocycles. The van der Waals surface area contributed by atoms with Crippen LogP contribution in [0.15, 0.2) is 40.9 Å². The second-order valence-electron chi connectivity index (χ2n) is 7.05. The van der Waals surface area contributed by atoms with Crippen molar-refractivity contribution in [1.29, 1.82) is 0 Å². The highest BCUT2D eigenvalue weighted by Gasteiger charge is 2.17. The van der Waals surface area contributed by atoms with Gasteiger partial charge in [-0.1, -0.05) is 34.1 Å². The van der Waals surface area contributed by atoms with Crippen LogP contribution < -0.4 is 10.2 Å². The van der Waals surface area contributed by atoms with Crippen molar-refractivity contribution in [1.82, 2.24) is 4.98 Å². The Morgan fingerprint density at radius 1 is 1.07 bits per heavy atom. The number of para-hydroxylation sites is 1. The molecule has 140 valence electrons. The van der Waals surface area contributed by atoms with Crippen molar-refractivity contribution in [2.75, 3.05) is 36.5 Å². The molecule has 2 heterocycles. The summed E-state index contributed by atoms with van der Waals surface area (Å²) >= 11 is 3.63. The van der Waals surface area contributed by atoms with Gasteiger partial charge in [0.1, 0.15) is 0 Å². The minimum atomic E-state index is 0.769. The van der Waals surface area contributed by atoms with Crippen LogP contribution in [-0.4, -0.2) is 31.3 Å². The summed E-state index contributed by atoms with van der Waals surface area (Å²) < 4.78 is 6.59. The summed E-state index contributed by atoms with van der Waals surface area (Å²) in [4.78, 5) is 7.21. The van der Waals surface area contributed by atoms with Gasteiger partial charge in [-0.2, -0.15) is 0 Å². The van der Waals surface area contributed by atoms with E-state index in [2.05, 4.69) is 83.3 Å². The highest BCUT2D eigenvalue weighted by Crippen LogP contribution is 2.37. The molecule has 27 heavy (non-hydrogen) atoms. The molecule has 0 aliphatic carbocycles. The van der Waals surface area contributed by atoms with E-state index in [1.165, 1.54) is 16.8 Å². The van der Waals surface area contributed by atoms with Crippen LogP contribution in [0, 0.1) is 20.8 Å². The van der Waals surface area contributed by atoms with Gasteiger partial charge in [0.25, 0.3) is 0 Å². The Balaban J connectivity index is 1.84. The van der Waals surface area contributed by atoms with Crippen molar-refractivity contribution in [2.24, 2.45) is 0 Å². The number of nitrogens with zero attached hydrogens (tertiary/aromatic N) is 2. The number of halogens is 1. The van der Waals surface area contributed by atoms with Gasteiger partial charge in [-0.15, -0.1) is 0 Å². The molecule has 0 unspecified atom stereocenters. The number of hydrogen-bond acceptors (Lipinski definition) is 4. The first-order valence-electron chi connectivity index (χ1n) is 9.30. The number of aryl methyl sites for hydroxylation is 2. The average Bonchev–Trinajstić information content (AvgIpc) is 2.67. The molecule has 5 heteroatoms. The number of rotatable bonds is 3. The minimum absolute atomic E-state index is 0.769. The lowest BCUT2D eigenvalue weighted by Gasteiger charge is -2.31. The van der Waals surface area contributed by atoms with Crippen LogP contribution in [0.3, 0.4) is 0 Å². The lowest BCUT2D eigenvalue weighted by atomic mass is 10.0. The molecule has 0 saturated carbocycles. The van der Waals surface area contributed by atoms with Crippen LogP contribution in [0.5, 0.6) is 0 Å². The molecule has 1 fully saturated rings. The Kier molecular flexibility index (Phi) is 5.06. The van der Waals surface area contributed by atoms with Crippen LogP contribution in [0.1, 0.15) is 16.8 Å². The lowest BCUT2D eigenvalue weighted by Crippen LogP contribution is -2.36. The Morgan fingerprint density at radius 2 is 1.85 bits per heavy atom. The van der Waals surface area contributed by atoms with E-state index in [0.717, 1.165) is 58.7 Å².